The van der Waals surface area contributed by atoms with Crippen LogP contribution in [0.2, 0.25) is 0 Å². The Hall–Kier alpha value is -2.81. The summed E-state index contributed by atoms with van der Waals surface area (Å²) in [6.45, 7) is 5.80. The number of hydrogen-bond donors (Lipinski definition) is 2. The Morgan fingerprint density at radius 3 is 2.57 bits per heavy atom. The number of rotatable bonds is 8. The first-order valence-corrected chi connectivity index (χ1v) is 10.2. The standard InChI is InChI=1S/C22H28N6O2/c1-29-11-8-24-21-20-19(26-22(23)27-21)7-6-18(25-20)14-16-2-4-17(5-3-16)15-28-9-12-30-13-10-28/h2-7H,8-15H2,1H3,(H3,23,24,26,27). The van der Waals surface area contributed by atoms with Crippen molar-refractivity contribution >= 4 is 22.8 Å². The first-order valence-electron chi connectivity index (χ1n) is 10.2. The zero-order chi connectivity index (χ0) is 20.8. The van der Waals surface area contributed by atoms with E-state index in [1.807, 2.05) is 12.1 Å². The number of fused-ring (bicyclic) bond motifs is 1. The number of nitrogens with one attached hydrogen (secondary N) is 1. The van der Waals surface area contributed by atoms with Gasteiger partial charge in [-0.15, -0.1) is 0 Å². The van der Waals surface area contributed by atoms with Crippen LogP contribution < -0.4 is 11.1 Å². The molecule has 0 saturated carbocycles. The molecule has 3 heterocycles. The maximum absolute atomic E-state index is 5.84. The number of anilines is 2. The Morgan fingerprint density at radius 2 is 1.80 bits per heavy atom. The fourth-order valence-corrected chi connectivity index (χ4v) is 3.55. The molecule has 0 spiro atoms. The molecule has 0 unspecified atom stereocenters. The van der Waals surface area contributed by atoms with E-state index in [-0.39, 0.29) is 5.95 Å². The minimum atomic E-state index is 0.229. The van der Waals surface area contributed by atoms with Crippen molar-refractivity contribution in [3.8, 4) is 0 Å². The zero-order valence-electron chi connectivity index (χ0n) is 17.3. The molecular formula is C22H28N6O2. The van der Waals surface area contributed by atoms with E-state index in [0.717, 1.165) is 56.0 Å². The molecule has 3 aromatic rings. The molecule has 1 aromatic carbocycles. The quantitative estimate of drug-likeness (QED) is 0.547. The van der Waals surface area contributed by atoms with E-state index in [2.05, 4.69) is 44.5 Å². The lowest BCUT2D eigenvalue weighted by molar-refractivity contribution is 0.0342. The third-order valence-corrected chi connectivity index (χ3v) is 5.13. The number of nitrogens with two attached hydrogens (primary N) is 1. The van der Waals surface area contributed by atoms with Gasteiger partial charge < -0.3 is 20.5 Å². The summed E-state index contributed by atoms with van der Waals surface area (Å²) in [5.74, 6) is 0.866. The molecule has 0 bridgehead atoms. The molecular weight excluding hydrogens is 380 g/mol. The molecule has 3 N–H and O–H groups in total. The van der Waals surface area contributed by atoms with Gasteiger partial charge in [0.25, 0.3) is 0 Å². The molecule has 158 valence electrons. The number of methoxy groups -OCH3 is 1. The molecule has 30 heavy (non-hydrogen) atoms. The van der Waals surface area contributed by atoms with E-state index in [9.17, 15) is 0 Å². The molecule has 1 aliphatic rings. The monoisotopic (exact) mass is 408 g/mol. The summed E-state index contributed by atoms with van der Waals surface area (Å²) in [5, 5.41) is 3.23. The van der Waals surface area contributed by atoms with Crippen molar-refractivity contribution in [2.24, 2.45) is 0 Å². The van der Waals surface area contributed by atoms with Crippen molar-refractivity contribution in [2.45, 2.75) is 13.0 Å². The van der Waals surface area contributed by atoms with Gasteiger partial charge in [0, 0.05) is 45.4 Å². The summed E-state index contributed by atoms with van der Waals surface area (Å²) in [6, 6.07) is 12.7. The maximum Gasteiger partial charge on any atom is 0.222 e. The highest BCUT2D eigenvalue weighted by atomic mass is 16.5. The number of nitrogen functional groups attached to an aromatic ring is 1. The number of hydrogen-bond acceptors (Lipinski definition) is 8. The topological polar surface area (TPSA) is 98.4 Å². The Labute approximate surface area is 176 Å². The van der Waals surface area contributed by atoms with Crippen molar-refractivity contribution in [1.82, 2.24) is 19.9 Å². The normalized spacial score (nSPS) is 14.8. The Balaban J connectivity index is 1.47. The number of pyridine rings is 1. The highest BCUT2D eigenvalue weighted by Gasteiger charge is 2.11. The highest BCUT2D eigenvalue weighted by Crippen LogP contribution is 2.21. The minimum Gasteiger partial charge on any atom is -0.383 e. The van der Waals surface area contributed by atoms with Crippen LogP contribution in [-0.2, 0) is 22.4 Å². The van der Waals surface area contributed by atoms with Gasteiger partial charge in [0.05, 0.1) is 25.3 Å². The van der Waals surface area contributed by atoms with Crippen LogP contribution in [0.3, 0.4) is 0 Å². The van der Waals surface area contributed by atoms with E-state index in [1.165, 1.54) is 11.1 Å². The smallest absolute Gasteiger partial charge is 0.222 e. The van der Waals surface area contributed by atoms with Crippen molar-refractivity contribution in [1.29, 1.82) is 0 Å². The van der Waals surface area contributed by atoms with Gasteiger partial charge in [0.1, 0.15) is 5.52 Å². The molecule has 0 atom stereocenters. The van der Waals surface area contributed by atoms with Gasteiger partial charge in [-0.05, 0) is 23.3 Å². The van der Waals surface area contributed by atoms with Crippen LogP contribution >= 0.6 is 0 Å². The molecule has 1 aliphatic heterocycles. The zero-order valence-corrected chi connectivity index (χ0v) is 17.3. The number of benzene rings is 1. The van der Waals surface area contributed by atoms with Crippen LogP contribution in [0.25, 0.3) is 11.0 Å². The van der Waals surface area contributed by atoms with Gasteiger partial charge in [-0.1, -0.05) is 24.3 Å². The fraction of sp³-hybridized carbons (Fsp3) is 0.409. The van der Waals surface area contributed by atoms with Crippen LogP contribution in [0, 0.1) is 0 Å². The SMILES string of the molecule is COCCNc1nc(N)nc2ccc(Cc3ccc(CN4CCOCC4)cc3)nc12. The second kappa shape index (κ2) is 9.80. The van der Waals surface area contributed by atoms with Gasteiger partial charge in [-0.2, -0.15) is 4.98 Å². The summed E-state index contributed by atoms with van der Waals surface area (Å²) in [5.41, 5.74) is 10.8. The minimum absolute atomic E-state index is 0.229. The third kappa shape index (κ3) is 5.21. The number of nitrogens with zero attached hydrogens (tertiary/aromatic N) is 4. The van der Waals surface area contributed by atoms with Crippen molar-refractivity contribution in [3.63, 3.8) is 0 Å². The second-order valence-corrected chi connectivity index (χ2v) is 7.40. The van der Waals surface area contributed by atoms with Gasteiger partial charge in [-0.3, -0.25) is 4.90 Å². The third-order valence-electron chi connectivity index (χ3n) is 5.13. The Kier molecular flexibility index (Phi) is 6.68. The number of morpholine rings is 1. The first kappa shape index (κ1) is 20.5. The van der Waals surface area contributed by atoms with Crippen LogP contribution in [0.1, 0.15) is 16.8 Å². The average molecular weight is 409 g/mol. The number of aromatic nitrogens is 3. The molecule has 1 fully saturated rings. The van der Waals surface area contributed by atoms with Crippen LogP contribution in [-0.4, -0.2) is 66.4 Å². The average Bonchev–Trinajstić information content (AvgIpc) is 2.76. The summed E-state index contributed by atoms with van der Waals surface area (Å²) >= 11 is 0. The van der Waals surface area contributed by atoms with Crippen molar-refractivity contribution < 1.29 is 9.47 Å². The Morgan fingerprint density at radius 1 is 1.03 bits per heavy atom. The first-order chi connectivity index (χ1) is 14.7. The van der Waals surface area contributed by atoms with Crippen LogP contribution in [0.5, 0.6) is 0 Å². The van der Waals surface area contributed by atoms with Crippen LogP contribution in [0.4, 0.5) is 11.8 Å². The predicted octanol–water partition coefficient (Wildman–Crippen LogP) is 2.09. The molecule has 1 saturated heterocycles. The van der Waals surface area contributed by atoms with E-state index in [0.29, 0.717) is 19.0 Å². The summed E-state index contributed by atoms with van der Waals surface area (Å²) in [6.07, 6.45) is 0.746. The predicted molar refractivity (Wildman–Crippen MR) is 117 cm³/mol. The summed E-state index contributed by atoms with van der Waals surface area (Å²) < 4.78 is 10.5. The highest BCUT2D eigenvalue weighted by molar-refractivity contribution is 5.86. The molecule has 8 nitrogen and oxygen atoms in total. The lowest BCUT2D eigenvalue weighted by atomic mass is 10.1. The largest absolute Gasteiger partial charge is 0.383 e. The van der Waals surface area contributed by atoms with Gasteiger partial charge in [0.15, 0.2) is 5.82 Å². The van der Waals surface area contributed by atoms with Gasteiger partial charge in [0.2, 0.25) is 5.95 Å². The molecule has 4 rings (SSSR count). The summed E-state index contributed by atoms with van der Waals surface area (Å²) in [4.78, 5) is 15.8. The lowest BCUT2D eigenvalue weighted by Gasteiger charge is -2.26. The maximum atomic E-state index is 5.84. The molecule has 0 amide bonds. The molecule has 0 aliphatic carbocycles. The van der Waals surface area contributed by atoms with Crippen LogP contribution in [0.15, 0.2) is 36.4 Å². The Bertz CT molecular complexity index is 973. The molecule has 8 heteroatoms. The molecule has 0 radical (unpaired) electrons. The summed E-state index contributed by atoms with van der Waals surface area (Å²) in [7, 11) is 1.66. The van der Waals surface area contributed by atoms with Crippen molar-refractivity contribution in [3.05, 3.63) is 53.2 Å². The molecule has 2 aromatic heterocycles. The van der Waals surface area contributed by atoms with E-state index >= 15 is 0 Å². The van der Waals surface area contributed by atoms with Gasteiger partial charge in [-0.25, -0.2) is 9.97 Å². The van der Waals surface area contributed by atoms with E-state index < -0.39 is 0 Å². The van der Waals surface area contributed by atoms with E-state index in [1.54, 1.807) is 7.11 Å². The van der Waals surface area contributed by atoms with E-state index in [4.69, 9.17) is 20.2 Å². The lowest BCUT2D eigenvalue weighted by Crippen LogP contribution is -2.35. The second-order valence-electron chi connectivity index (χ2n) is 7.40. The fourth-order valence-electron chi connectivity index (χ4n) is 3.55. The van der Waals surface area contributed by atoms with Gasteiger partial charge >= 0.3 is 0 Å². The number of ether oxygens (including phenoxy) is 2. The van der Waals surface area contributed by atoms with Crippen molar-refractivity contribution in [2.75, 3.05) is 57.6 Å².